The summed E-state index contributed by atoms with van der Waals surface area (Å²) >= 11 is 12.7. The Kier molecular flexibility index (Phi) is 8.77. The van der Waals surface area contributed by atoms with Crippen LogP contribution in [-0.4, -0.2) is 59.1 Å². The van der Waals surface area contributed by atoms with E-state index in [0.29, 0.717) is 27.0 Å². The number of fused-ring (bicyclic) bond motifs is 1. The van der Waals surface area contributed by atoms with Gasteiger partial charge in [-0.05, 0) is 89.1 Å². The second-order valence-corrected chi connectivity index (χ2v) is 12.2. The molecular formula is C32H39Cl2N7O. The van der Waals surface area contributed by atoms with Crippen molar-refractivity contribution in [3.05, 3.63) is 75.8 Å². The number of nitrogens with two attached hydrogens (primary N) is 1. The SMILES string of the molecule is CNC(c1nc2ccc(N3CCC(N4CCCCC4)CC3)cc2[nH]1)c1cc(OC(C)c2c(Cl)cncc2Cl)ccc1N. The smallest absolute Gasteiger partial charge is 0.129 e. The lowest BCUT2D eigenvalue weighted by atomic mass is 9.99. The van der Waals surface area contributed by atoms with Crippen LogP contribution in [0.3, 0.4) is 0 Å². The van der Waals surface area contributed by atoms with Gasteiger partial charge in [0.2, 0.25) is 0 Å². The molecule has 2 fully saturated rings. The van der Waals surface area contributed by atoms with Gasteiger partial charge in [0.05, 0.1) is 27.1 Å². The van der Waals surface area contributed by atoms with Gasteiger partial charge in [-0.25, -0.2) is 4.98 Å². The molecule has 8 nitrogen and oxygen atoms in total. The number of piperidine rings is 2. The number of halogens is 2. The number of imidazole rings is 1. The van der Waals surface area contributed by atoms with Crippen molar-refractivity contribution >= 4 is 45.6 Å². The van der Waals surface area contributed by atoms with Gasteiger partial charge >= 0.3 is 0 Å². The van der Waals surface area contributed by atoms with Gasteiger partial charge in [0.25, 0.3) is 0 Å². The minimum absolute atomic E-state index is 0.256. The van der Waals surface area contributed by atoms with Crippen LogP contribution < -0.4 is 20.7 Å². The van der Waals surface area contributed by atoms with Crippen molar-refractivity contribution in [2.45, 2.75) is 57.2 Å². The van der Waals surface area contributed by atoms with Crippen LogP contribution in [0.15, 0.2) is 48.8 Å². The Morgan fingerprint density at radius 2 is 1.74 bits per heavy atom. The van der Waals surface area contributed by atoms with Crippen molar-refractivity contribution < 1.29 is 4.74 Å². The molecular weight excluding hydrogens is 569 g/mol. The van der Waals surface area contributed by atoms with E-state index in [1.165, 1.54) is 50.9 Å². The summed E-state index contributed by atoms with van der Waals surface area (Å²) in [5.41, 5.74) is 11.9. The summed E-state index contributed by atoms with van der Waals surface area (Å²) in [5, 5.41) is 4.32. The first-order valence-corrected chi connectivity index (χ1v) is 15.7. The van der Waals surface area contributed by atoms with Crippen LogP contribution in [0.1, 0.15) is 68.1 Å². The third-order valence-corrected chi connectivity index (χ3v) is 9.36. The fourth-order valence-electron chi connectivity index (χ4n) is 6.51. The van der Waals surface area contributed by atoms with Gasteiger partial charge in [-0.1, -0.05) is 29.6 Å². The fraction of sp³-hybridized carbons (Fsp3) is 0.438. The zero-order valence-electron chi connectivity index (χ0n) is 24.2. The normalized spacial score (nSPS) is 18.3. The topological polar surface area (TPSA) is 95.3 Å². The largest absolute Gasteiger partial charge is 0.486 e. The number of rotatable bonds is 8. The zero-order chi connectivity index (χ0) is 29.2. The van der Waals surface area contributed by atoms with Crippen molar-refractivity contribution in [3.8, 4) is 5.75 Å². The molecule has 2 saturated heterocycles. The Hall–Kier alpha value is -3.04. The van der Waals surface area contributed by atoms with E-state index >= 15 is 0 Å². The molecule has 0 radical (unpaired) electrons. The van der Waals surface area contributed by atoms with E-state index in [4.69, 9.17) is 38.7 Å². The minimum atomic E-state index is -0.382. The number of hydrogen-bond donors (Lipinski definition) is 3. The number of nitrogens with one attached hydrogen (secondary N) is 2. The van der Waals surface area contributed by atoms with Gasteiger partial charge in [-0.15, -0.1) is 0 Å². The summed E-state index contributed by atoms with van der Waals surface area (Å²) in [6.45, 7) is 6.62. The van der Waals surface area contributed by atoms with Gasteiger partial charge in [0.1, 0.15) is 17.7 Å². The first-order chi connectivity index (χ1) is 20.4. The van der Waals surface area contributed by atoms with Crippen molar-refractivity contribution in [2.75, 3.05) is 43.9 Å². The second-order valence-electron chi connectivity index (χ2n) is 11.4. The number of pyridine rings is 1. The third-order valence-electron chi connectivity index (χ3n) is 8.76. The molecule has 6 rings (SSSR count). The lowest BCUT2D eigenvalue weighted by molar-refractivity contribution is 0.141. The maximum atomic E-state index is 6.48. The Balaban J connectivity index is 1.19. The second kappa shape index (κ2) is 12.7. The number of nitrogen functional groups attached to an aromatic ring is 1. The molecule has 4 N–H and O–H groups in total. The monoisotopic (exact) mass is 607 g/mol. The molecule has 42 heavy (non-hydrogen) atoms. The highest BCUT2D eigenvalue weighted by atomic mass is 35.5. The van der Waals surface area contributed by atoms with E-state index in [9.17, 15) is 0 Å². The molecule has 0 saturated carbocycles. The first-order valence-electron chi connectivity index (χ1n) is 14.9. The summed E-state index contributed by atoms with van der Waals surface area (Å²) in [6, 6.07) is 12.7. The van der Waals surface area contributed by atoms with Crippen LogP contribution >= 0.6 is 23.2 Å². The predicted molar refractivity (Wildman–Crippen MR) is 172 cm³/mol. The Morgan fingerprint density at radius 3 is 2.45 bits per heavy atom. The molecule has 0 spiro atoms. The number of hydrogen-bond acceptors (Lipinski definition) is 7. The number of aromatic nitrogens is 3. The zero-order valence-corrected chi connectivity index (χ0v) is 25.8. The summed E-state index contributed by atoms with van der Waals surface area (Å²) in [7, 11) is 1.90. The molecule has 2 atom stereocenters. The van der Waals surface area contributed by atoms with Crippen LogP contribution in [0.4, 0.5) is 11.4 Å². The highest BCUT2D eigenvalue weighted by molar-refractivity contribution is 6.35. The highest BCUT2D eigenvalue weighted by Crippen LogP contribution is 2.35. The molecule has 4 heterocycles. The van der Waals surface area contributed by atoms with E-state index < -0.39 is 0 Å². The van der Waals surface area contributed by atoms with Crippen molar-refractivity contribution in [2.24, 2.45) is 0 Å². The van der Waals surface area contributed by atoms with E-state index in [0.717, 1.165) is 41.6 Å². The molecule has 10 heteroatoms. The van der Waals surface area contributed by atoms with E-state index in [1.807, 2.05) is 32.2 Å². The number of nitrogens with zero attached hydrogens (tertiary/aromatic N) is 4. The maximum Gasteiger partial charge on any atom is 0.129 e. The lowest BCUT2D eigenvalue weighted by Crippen LogP contribution is -2.46. The van der Waals surface area contributed by atoms with Crippen LogP contribution in [0.5, 0.6) is 5.75 Å². The van der Waals surface area contributed by atoms with E-state index in [2.05, 4.69) is 43.3 Å². The first kappa shape index (κ1) is 29.1. The molecule has 0 amide bonds. The van der Waals surface area contributed by atoms with Gasteiger partial charge in [0, 0.05) is 54.0 Å². The summed E-state index contributed by atoms with van der Waals surface area (Å²) < 4.78 is 6.26. The van der Waals surface area contributed by atoms with Gasteiger partial charge in [-0.2, -0.15) is 0 Å². The minimum Gasteiger partial charge on any atom is -0.486 e. The van der Waals surface area contributed by atoms with Crippen LogP contribution in [-0.2, 0) is 0 Å². The molecule has 2 aliphatic heterocycles. The number of H-pyrrole nitrogens is 1. The Morgan fingerprint density at radius 1 is 1.00 bits per heavy atom. The number of benzene rings is 2. The number of ether oxygens (including phenoxy) is 1. The van der Waals surface area contributed by atoms with Crippen LogP contribution in [0.2, 0.25) is 10.0 Å². The molecule has 2 aromatic heterocycles. The molecule has 2 aliphatic rings. The summed E-state index contributed by atoms with van der Waals surface area (Å²) in [4.78, 5) is 17.8. The molecule has 2 unspecified atom stereocenters. The quantitative estimate of drug-likeness (QED) is 0.191. The van der Waals surface area contributed by atoms with Gasteiger partial charge in [-0.3, -0.25) is 4.98 Å². The molecule has 222 valence electrons. The fourth-order valence-corrected chi connectivity index (χ4v) is 7.18. The average molecular weight is 609 g/mol. The predicted octanol–water partition coefficient (Wildman–Crippen LogP) is 6.75. The molecule has 4 aromatic rings. The van der Waals surface area contributed by atoms with Gasteiger partial charge < -0.3 is 30.6 Å². The third kappa shape index (κ3) is 6.04. The number of aromatic amines is 1. The van der Waals surface area contributed by atoms with Gasteiger partial charge in [0.15, 0.2) is 0 Å². The lowest BCUT2D eigenvalue weighted by Gasteiger charge is -2.41. The molecule has 2 aromatic carbocycles. The van der Waals surface area contributed by atoms with Crippen LogP contribution in [0.25, 0.3) is 11.0 Å². The Labute approximate surface area is 257 Å². The molecule has 0 bridgehead atoms. The maximum absolute atomic E-state index is 6.48. The molecule has 0 aliphatic carbocycles. The van der Waals surface area contributed by atoms with E-state index in [1.54, 1.807) is 12.4 Å². The number of anilines is 2. The Bertz CT molecular complexity index is 1510. The summed E-state index contributed by atoms with van der Waals surface area (Å²) in [6.07, 6.45) is 9.30. The van der Waals surface area contributed by atoms with E-state index in [-0.39, 0.29) is 12.1 Å². The number of likely N-dealkylation sites (tertiary alicyclic amines) is 1. The van der Waals surface area contributed by atoms with Crippen molar-refractivity contribution in [3.63, 3.8) is 0 Å². The standard InChI is InChI=1S/C32H39Cl2N7O/c1-20(30-25(33)18-37-19-26(30)34)42-23-7-8-27(35)24(17-23)31(36-2)32-38-28-9-6-22(16-29(28)39-32)41-14-10-21(11-15-41)40-12-4-3-5-13-40/h6-9,16-21,31,36H,3-5,10-15,35H2,1-2H3,(H,38,39). The van der Waals surface area contributed by atoms with Crippen molar-refractivity contribution in [1.29, 1.82) is 0 Å². The summed E-state index contributed by atoms with van der Waals surface area (Å²) in [5.74, 6) is 1.45. The van der Waals surface area contributed by atoms with Crippen LogP contribution in [0, 0.1) is 0 Å². The highest BCUT2D eigenvalue weighted by Gasteiger charge is 2.26. The van der Waals surface area contributed by atoms with Crippen molar-refractivity contribution in [1.82, 2.24) is 25.2 Å². The average Bonchev–Trinajstić information content (AvgIpc) is 3.42.